The zero-order valence-electron chi connectivity index (χ0n) is 12.2. The molecule has 0 aromatic heterocycles. The highest BCUT2D eigenvalue weighted by atomic mass is 16.5. The Labute approximate surface area is 117 Å². The molecule has 2 rings (SSSR count). The fraction of sp³-hybridized carbons (Fsp3) is 0.647. The van der Waals surface area contributed by atoms with Crippen molar-refractivity contribution < 1.29 is 4.74 Å². The molecule has 1 aliphatic heterocycles. The second-order valence-corrected chi connectivity index (χ2v) is 5.47. The first kappa shape index (κ1) is 14.2. The van der Waals surface area contributed by atoms with Crippen molar-refractivity contribution in [2.75, 3.05) is 18.5 Å². The highest BCUT2D eigenvalue weighted by Gasteiger charge is 2.08. The number of rotatable bonds is 8. The Kier molecular flexibility index (Phi) is 6.06. The lowest BCUT2D eigenvalue weighted by Crippen LogP contribution is -2.11. The van der Waals surface area contributed by atoms with Crippen LogP contribution in [0, 0.1) is 0 Å². The Morgan fingerprint density at radius 1 is 1.11 bits per heavy atom. The highest BCUT2D eigenvalue weighted by molar-refractivity contribution is 5.56. The molecule has 1 heterocycles. The van der Waals surface area contributed by atoms with Gasteiger partial charge in [-0.25, -0.2) is 0 Å². The van der Waals surface area contributed by atoms with E-state index in [0.29, 0.717) is 0 Å². The van der Waals surface area contributed by atoms with Crippen LogP contribution in [0.3, 0.4) is 0 Å². The maximum absolute atomic E-state index is 5.84. The number of nitrogens with one attached hydrogen (secondary N) is 1. The van der Waals surface area contributed by atoms with Crippen LogP contribution in [0.1, 0.15) is 57.4 Å². The first-order valence-electron chi connectivity index (χ1n) is 7.90. The maximum Gasteiger partial charge on any atom is 0.121 e. The summed E-state index contributed by atoms with van der Waals surface area (Å²) in [5.74, 6) is 1.02. The molecule has 0 atom stereocenters. The molecule has 2 heteroatoms. The van der Waals surface area contributed by atoms with Crippen LogP contribution >= 0.6 is 0 Å². The van der Waals surface area contributed by atoms with Crippen LogP contribution in [-0.4, -0.2) is 13.2 Å². The van der Waals surface area contributed by atoms with Crippen molar-refractivity contribution in [2.45, 2.75) is 58.3 Å². The van der Waals surface area contributed by atoms with Gasteiger partial charge in [-0.15, -0.1) is 0 Å². The van der Waals surface area contributed by atoms with E-state index in [1.807, 2.05) is 0 Å². The third-order valence-corrected chi connectivity index (χ3v) is 3.79. The number of ether oxygens (including phenoxy) is 1. The molecular formula is C17H27NO. The van der Waals surface area contributed by atoms with E-state index in [1.165, 1.54) is 62.6 Å². The predicted octanol–water partition coefficient (Wildman–Crippen LogP) is 4.78. The number of anilines is 1. The first-order valence-corrected chi connectivity index (χ1v) is 7.90. The molecule has 0 spiro atoms. The summed E-state index contributed by atoms with van der Waals surface area (Å²) in [6, 6.07) is 6.48. The summed E-state index contributed by atoms with van der Waals surface area (Å²) in [4.78, 5) is 0. The van der Waals surface area contributed by atoms with E-state index in [0.717, 1.165) is 18.9 Å². The summed E-state index contributed by atoms with van der Waals surface area (Å²) in [7, 11) is 0. The van der Waals surface area contributed by atoms with Crippen LogP contribution in [0.15, 0.2) is 18.2 Å². The number of unbranched alkanes of at least 4 members (excludes halogenated alkanes) is 5. The topological polar surface area (TPSA) is 21.3 Å². The van der Waals surface area contributed by atoms with E-state index < -0.39 is 0 Å². The van der Waals surface area contributed by atoms with Crippen LogP contribution in [0.2, 0.25) is 0 Å². The monoisotopic (exact) mass is 261 g/mol. The second-order valence-electron chi connectivity index (χ2n) is 5.47. The largest absolute Gasteiger partial charge is 0.494 e. The molecule has 1 aromatic carbocycles. The molecule has 0 bridgehead atoms. The number of hydrogen-bond donors (Lipinski definition) is 1. The molecule has 2 nitrogen and oxygen atoms in total. The van der Waals surface area contributed by atoms with Crippen molar-refractivity contribution in [3.8, 4) is 5.75 Å². The number of aryl methyl sites for hydroxylation is 1. The van der Waals surface area contributed by atoms with E-state index in [9.17, 15) is 0 Å². The quantitative estimate of drug-likeness (QED) is 0.680. The smallest absolute Gasteiger partial charge is 0.121 e. The standard InChI is InChI=1S/C17H27NO/c1-2-3-4-5-6-7-13-19-16-11-10-15-9-8-12-18-17(15)14-16/h10-11,14,18H,2-9,12-13H2,1H3. The Balaban J connectivity index is 1.66. The fourth-order valence-electron chi connectivity index (χ4n) is 2.60. The average molecular weight is 261 g/mol. The van der Waals surface area contributed by atoms with Crippen LogP contribution in [0.5, 0.6) is 5.75 Å². The van der Waals surface area contributed by atoms with Gasteiger partial charge in [-0.2, -0.15) is 0 Å². The minimum Gasteiger partial charge on any atom is -0.494 e. The first-order chi connectivity index (χ1) is 9.40. The highest BCUT2D eigenvalue weighted by Crippen LogP contribution is 2.26. The number of benzene rings is 1. The third kappa shape index (κ3) is 4.77. The molecule has 1 aromatic rings. The molecule has 0 fully saturated rings. The van der Waals surface area contributed by atoms with Gasteiger partial charge in [0.2, 0.25) is 0 Å². The van der Waals surface area contributed by atoms with E-state index in [-0.39, 0.29) is 0 Å². The van der Waals surface area contributed by atoms with Crippen molar-refractivity contribution in [2.24, 2.45) is 0 Å². The SMILES string of the molecule is CCCCCCCCOc1ccc2c(c1)NCCC2. The molecule has 106 valence electrons. The van der Waals surface area contributed by atoms with E-state index in [2.05, 4.69) is 30.4 Å². The van der Waals surface area contributed by atoms with Crippen molar-refractivity contribution in [1.82, 2.24) is 0 Å². The van der Waals surface area contributed by atoms with Gasteiger partial charge < -0.3 is 10.1 Å². The second kappa shape index (κ2) is 8.08. The molecule has 1 N–H and O–H groups in total. The molecule has 0 saturated heterocycles. The lowest BCUT2D eigenvalue weighted by Gasteiger charge is -2.18. The minimum atomic E-state index is 0.852. The van der Waals surface area contributed by atoms with Crippen molar-refractivity contribution in [3.63, 3.8) is 0 Å². The van der Waals surface area contributed by atoms with Crippen LogP contribution < -0.4 is 10.1 Å². The Morgan fingerprint density at radius 3 is 2.84 bits per heavy atom. The van der Waals surface area contributed by atoms with Gasteiger partial charge >= 0.3 is 0 Å². The van der Waals surface area contributed by atoms with Gasteiger partial charge in [-0.3, -0.25) is 0 Å². The number of hydrogen-bond acceptors (Lipinski definition) is 2. The Hall–Kier alpha value is -1.18. The Bertz CT molecular complexity index is 376. The van der Waals surface area contributed by atoms with Gasteiger partial charge in [0.15, 0.2) is 0 Å². The molecule has 0 saturated carbocycles. The molecule has 19 heavy (non-hydrogen) atoms. The molecule has 0 unspecified atom stereocenters. The van der Waals surface area contributed by atoms with Gasteiger partial charge in [-0.05, 0) is 30.9 Å². The average Bonchev–Trinajstić information content (AvgIpc) is 2.46. The molecule has 0 radical (unpaired) electrons. The molecule has 0 aliphatic carbocycles. The number of fused-ring (bicyclic) bond motifs is 1. The van der Waals surface area contributed by atoms with Gasteiger partial charge in [0.05, 0.1) is 6.61 Å². The van der Waals surface area contributed by atoms with E-state index >= 15 is 0 Å². The van der Waals surface area contributed by atoms with Gasteiger partial charge in [0, 0.05) is 18.3 Å². The Morgan fingerprint density at radius 2 is 1.95 bits per heavy atom. The minimum absolute atomic E-state index is 0.852. The third-order valence-electron chi connectivity index (χ3n) is 3.79. The van der Waals surface area contributed by atoms with Crippen molar-refractivity contribution in [3.05, 3.63) is 23.8 Å². The maximum atomic E-state index is 5.84. The summed E-state index contributed by atoms with van der Waals surface area (Å²) in [5.41, 5.74) is 2.70. The van der Waals surface area contributed by atoms with Crippen molar-refractivity contribution in [1.29, 1.82) is 0 Å². The zero-order valence-corrected chi connectivity index (χ0v) is 12.2. The molecular weight excluding hydrogens is 234 g/mol. The zero-order chi connectivity index (χ0) is 13.3. The summed E-state index contributed by atoms with van der Waals surface area (Å²) in [6.45, 7) is 4.20. The van der Waals surface area contributed by atoms with Crippen LogP contribution in [0.25, 0.3) is 0 Å². The van der Waals surface area contributed by atoms with Crippen LogP contribution in [0.4, 0.5) is 5.69 Å². The van der Waals surface area contributed by atoms with E-state index in [1.54, 1.807) is 0 Å². The summed E-state index contributed by atoms with van der Waals surface area (Å²) in [5, 5.41) is 3.45. The lowest BCUT2D eigenvalue weighted by atomic mass is 10.0. The summed E-state index contributed by atoms with van der Waals surface area (Å²) >= 11 is 0. The van der Waals surface area contributed by atoms with Gasteiger partial charge in [0.1, 0.15) is 5.75 Å². The molecule has 1 aliphatic rings. The lowest BCUT2D eigenvalue weighted by molar-refractivity contribution is 0.304. The molecule has 0 amide bonds. The van der Waals surface area contributed by atoms with Crippen molar-refractivity contribution >= 4 is 5.69 Å². The van der Waals surface area contributed by atoms with E-state index in [4.69, 9.17) is 4.74 Å². The normalized spacial score (nSPS) is 13.7. The van der Waals surface area contributed by atoms with Gasteiger partial charge in [-0.1, -0.05) is 45.1 Å². The van der Waals surface area contributed by atoms with Crippen LogP contribution in [-0.2, 0) is 6.42 Å². The summed E-state index contributed by atoms with van der Waals surface area (Å²) in [6.07, 6.45) is 10.3. The predicted molar refractivity (Wildman–Crippen MR) is 82.1 cm³/mol. The fourth-order valence-corrected chi connectivity index (χ4v) is 2.60. The van der Waals surface area contributed by atoms with Gasteiger partial charge in [0.25, 0.3) is 0 Å². The summed E-state index contributed by atoms with van der Waals surface area (Å²) < 4.78 is 5.84.